The Hall–Kier alpha value is -0.600. The third-order valence-electron chi connectivity index (χ3n) is 2.50. The lowest BCUT2D eigenvalue weighted by Gasteiger charge is -2.23. The van der Waals surface area contributed by atoms with Crippen molar-refractivity contribution in [2.75, 3.05) is 12.9 Å². The van der Waals surface area contributed by atoms with E-state index >= 15 is 0 Å². The van der Waals surface area contributed by atoms with E-state index in [1.807, 2.05) is 13.0 Å². The summed E-state index contributed by atoms with van der Waals surface area (Å²) in [6, 6.07) is 1.88. The van der Waals surface area contributed by atoms with Crippen LogP contribution in [0.3, 0.4) is 0 Å². The molecule has 0 aromatic carbocycles. The lowest BCUT2D eigenvalue weighted by molar-refractivity contribution is 0.0425. The predicted molar refractivity (Wildman–Crippen MR) is 63.8 cm³/mol. The molecule has 0 N–H and O–H groups in total. The summed E-state index contributed by atoms with van der Waals surface area (Å²) in [5.74, 6) is -0.113. The van der Waals surface area contributed by atoms with Gasteiger partial charge in [-0.05, 0) is 20.3 Å². The lowest BCUT2D eigenvalue weighted by Crippen LogP contribution is -2.37. The van der Waals surface area contributed by atoms with Crippen molar-refractivity contribution in [3.8, 4) is 6.07 Å². The number of nitriles is 1. The molecule has 0 amide bonds. The Morgan fingerprint density at radius 2 is 2.00 bits per heavy atom. The van der Waals surface area contributed by atoms with Gasteiger partial charge in [-0.2, -0.15) is 5.26 Å². The maximum atomic E-state index is 11.9. The molecule has 0 radical (unpaired) electrons. The molecule has 1 atom stereocenters. The Balaban J connectivity index is 4.70. The van der Waals surface area contributed by atoms with Crippen molar-refractivity contribution >= 4 is 9.84 Å². The van der Waals surface area contributed by atoms with Crippen molar-refractivity contribution in [3.63, 3.8) is 0 Å². The fourth-order valence-electron chi connectivity index (χ4n) is 1.36. The molecular formula is C11H21NO3S. The van der Waals surface area contributed by atoms with E-state index in [1.165, 1.54) is 7.11 Å². The number of rotatable bonds is 7. The fraction of sp³-hybridized carbons (Fsp3) is 0.909. The van der Waals surface area contributed by atoms with Gasteiger partial charge < -0.3 is 4.74 Å². The van der Waals surface area contributed by atoms with Gasteiger partial charge in [0.25, 0.3) is 0 Å². The highest BCUT2D eigenvalue weighted by molar-refractivity contribution is 7.92. The molecule has 0 aliphatic rings. The maximum absolute atomic E-state index is 11.9. The molecule has 0 rings (SSSR count). The molecule has 0 aromatic heterocycles. The second-order valence-electron chi connectivity index (χ2n) is 4.53. The predicted octanol–water partition coefficient (Wildman–Crippen LogP) is 1.91. The summed E-state index contributed by atoms with van der Waals surface area (Å²) in [5, 5.41) is 7.99. The number of hydrogen-bond acceptors (Lipinski definition) is 4. The molecule has 0 saturated heterocycles. The molecule has 16 heavy (non-hydrogen) atoms. The molecule has 0 aliphatic carbocycles. The number of ether oxygens (including phenoxy) is 1. The van der Waals surface area contributed by atoms with E-state index in [2.05, 4.69) is 0 Å². The van der Waals surface area contributed by atoms with Crippen LogP contribution in [0.1, 0.15) is 40.0 Å². The number of methoxy groups -OCH3 is 1. The van der Waals surface area contributed by atoms with Gasteiger partial charge in [-0.1, -0.05) is 19.8 Å². The molecule has 0 bridgehead atoms. The maximum Gasteiger partial charge on any atom is 0.169 e. The van der Waals surface area contributed by atoms with E-state index in [0.717, 1.165) is 12.8 Å². The van der Waals surface area contributed by atoms with E-state index < -0.39 is 20.7 Å². The highest BCUT2D eigenvalue weighted by Gasteiger charge is 2.32. The minimum atomic E-state index is -3.40. The smallest absolute Gasteiger partial charge is 0.169 e. The summed E-state index contributed by atoms with van der Waals surface area (Å²) in [7, 11) is -1.93. The monoisotopic (exact) mass is 247 g/mol. The van der Waals surface area contributed by atoms with Gasteiger partial charge in [-0.25, -0.2) is 8.42 Å². The van der Waals surface area contributed by atoms with Gasteiger partial charge in [0.2, 0.25) is 0 Å². The largest absolute Gasteiger partial charge is 0.378 e. The van der Waals surface area contributed by atoms with Crippen molar-refractivity contribution in [1.29, 1.82) is 5.26 Å². The summed E-state index contributed by atoms with van der Waals surface area (Å²) in [5.41, 5.74) is -0.736. The number of unbranched alkanes of at least 4 members (excludes halogenated alkanes) is 1. The van der Waals surface area contributed by atoms with Crippen LogP contribution in [0.2, 0.25) is 0 Å². The van der Waals surface area contributed by atoms with Crippen molar-refractivity contribution in [1.82, 2.24) is 0 Å². The Kier molecular flexibility index (Phi) is 5.98. The Morgan fingerprint density at radius 1 is 1.44 bits per heavy atom. The first-order valence-corrected chi connectivity index (χ1v) is 7.17. The van der Waals surface area contributed by atoms with Crippen LogP contribution >= 0.6 is 0 Å². The van der Waals surface area contributed by atoms with Crippen molar-refractivity contribution in [3.05, 3.63) is 0 Å². The molecule has 4 nitrogen and oxygen atoms in total. The third-order valence-corrected chi connectivity index (χ3v) is 4.80. The number of sulfone groups is 1. The van der Waals surface area contributed by atoms with Gasteiger partial charge in [0.05, 0.1) is 17.4 Å². The average molecular weight is 247 g/mol. The minimum absolute atomic E-state index is 0.113. The molecule has 0 saturated carbocycles. The Bertz CT molecular complexity index is 341. The second-order valence-corrected chi connectivity index (χ2v) is 6.71. The quantitative estimate of drug-likeness (QED) is 0.689. The standard InChI is InChI=1S/C11H21NO3S/c1-5-6-7-10(8-12)16(13,14)9-11(2,3)15-4/h10H,5-7,9H2,1-4H3. The topological polar surface area (TPSA) is 67.2 Å². The molecule has 0 aromatic rings. The summed E-state index contributed by atoms with van der Waals surface area (Å²) >= 11 is 0. The Labute approximate surface area is 98.5 Å². The first-order valence-electron chi connectivity index (χ1n) is 5.45. The molecule has 0 aliphatic heterocycles. The minimum Gasteiger partial charge on any atom is -0.378 e. The van der Waals surface area contributed by atoms with Crippen LogP contribution in [-0.2, 0) is 14.6 Å². The van der Waals surface area contributed by atoms with Gasteiger partial charge in [0.15, 0.2) is 9.84 Å². The lowest BCUT2D eigenvalue weighted by atomic mass is 10.2. The van der Waals surface area contributed by atoms with Crippen LogP contribution in [0, 0.1) is 11.3 Å². The molecule has 0 fully saturated rings. The van der Waals surface area contributed by atoms with Crippen LogP contribution < -0.4 is 0 Å². The van der Waals surface area contributed by atoms with Crippen LogP contribution in [0.25, 0.3) is 0 Å². The van der Waals surface area contributed by atoms with Gasteiger partial charge in [-0.3, -0.25) is 0 Å². The number of hydrogen-bond donors (Lipinski definition) is 0. The normalized spacial score (nSPS) is 14.4. The van der Waals surface area contributed by atoms with E-state index in [0.29, 0.717) is 6.42 Å². The van der Waals surface area contributed by atoms with Crippen molar-refractivity contribution in [2.24, 2.45) is 0 Å². The Morgan fingerprint density at radius 3 is 2.38 bits per heavy atom. The molecule has 94 valence electrons. The summed E-state index contributed by atoms with van der Waals surface area (Å²) in [6.07, 6.45) is 2.06. The van der Waals surface area contributed by atoms with Crippen LogP contribution in [-0.4, -0.2) is 32.1 Å². The van der Waals surface area contributed by atoms with Crippen LogP contribution in [0.15, 0.2) is 0 Å². The zero-order chi connectivity index (χ0) is 12.8. The van der Waals surface area contributed by atoms with Gasteiger partial charge in [0, 0.05) is 7.11 Å². The zero-order valence-corrected chi connectivity index (χ0v) is 11.3. The average Bonchev–Trinajstić information content (AvgIpc) is 2.17. The van der Waals surface area contributed by atoms with Gasteiger partial charge in [0.1, 0.15) is 5.25 Å². The van der Waals surface area contributed by atoms with E-state index in [1.54, 1.807) is 13.8 Å². The highest BCUT2D eigenvalue weighted by Crippen LogP contribution is 2.18. The third kappa shape index (κ3) is 4.95. The molecular weight excluding hydrogens is 226 g/mol. The first kappa shape index (κ1) is 15.4. The summed E-state index contributed by atoms with van der Waals surface area (Å²) < 4.78 is 29.0. The molecule has 5 heteroatoms. The molecule has 1 unspecified atom stereocenters. The van der Waals surface area contributed by atoms with Crippen LogP contribution in [0.5, 0.6) is 0 Å². The van der Waals surface area contributed by atoms with Crippen molar-refractivity contribution < 1.29 is 13.2 Å². The fourth-order valence-corrected chi connectivity index (χ4v) is 3.33. The number of nitrogens with zero attached hydrogens (tertiary/aromatic N) is 1. The summed E-state index contributed by atoms with van der Waals surface area (Å²) in [4.78, 5) is 0. The van der Waals surface area contributed by atoms with Gasteiger partial charge >= 0.3 is 0 Å². The summed E-state index contributed by atoms with van der Waals surface area (Å²) in [6.45, 7) is 5.39. The van der Waals surface area contributed by atoms with Crippen LogP contribution in [0.4, 0.5) is 0 Å². The zero-order valence-electron chi connectivity index (χ0n) is 10.5. The molecule has 0 heterocycles. The first-order chi connectivity index (χ1) is 7.29. The second kappa shape index (κ2) is 6.21. The highest BCUT2D eigenvalue weighted by atomic mass is 32.2. The van der Waals surface area contributed by atoms with Gasteiger partial charge in [-0.15, -0.1) is 0 Å². The van der Waals surface area contributed by atoms with E-state index in [9.17, 15) is 8.42 Å². The SMILES string of the molecule is CCCCC(C#N)S(=O)(=O)CC(C)(C)OC. The van der Waals surface area contributed by atoms with E-state index in [-0.39, 0.29) is 5.75 Å². The van der Waals surface area contributed by atoms with E-state index in [4.69, 9.17) is 10.00 Å². The van der Waals surface area contributed by atoms with Crippen molar-refractivity contribution in [2.45, 2.75) is 50.9 Å². The molecule has 0 spiro atoms.